The molecule has 1 radical (unpaired) electrons. The molecule has 0 aromatic carbocycles. The van der Waals surface area contributed by atoms with Gasteiger partial charge in [0.05, 0.1) is 0 Å². The Morgan fingerprint density at radius 1 is 1.83 bits per heavy atom. The van der Waals surface area contributed by atoms with Gasteiger partial charge in [0.25, 0.3) is 0 Å². The molecule has 0 aliphatic rings. The Bertz CT molecular complexity index is 61.8. The molecule has 0 atom stereocenters. The minimum Gasteiger partial charge on any atom is 0 e. The predicted octanol–water partition coefficient (Wildman–Crippen LogP) is 0.243. The van der Waals surface area contributed by atoms with E-state index in [0.29, 0.717) is 0 Å². The van der Waals surface area contributed by atoms with E-state index in [1.54, 1.807) is 21.1 Å². The first kappa shape index (κ1) is 9.83. The zero-order valence-electron chi connectivity index (χ0n) is 2.80. The molecule has 0 spiro atoms. The molecule has 0 aliphatic carbocycles. The van der Waals surface area contributed by atoms with Gasteiger partial charge in [0, 0.05) is 17.1 Å². The first-order valence-electron chi connectivity index (χ1n) is 1.05. The molecule has 43 valence electrons. The molecule has 0 saturated carbocycles. The van der Waals surface area contributed by atoms with Crippen molar-refractivity contribution in [2.45, 2.75) is 0 Å². The molecule has 0 unspecified atom stereocenters. The van der Waals surface area contributed by atoms with Crippen molar-refractivity contribution in [2.75, 3.05) is 0 Å². The minimum absolute atomic E-state index is 0. The molecule has 0 aliphatic heterocycles. The van der Waals surface area contributed by atoms with E-state index < -0.39 is 0 Å². The fourth-order valence-corrected chi connectivity index (χ4v) is 0. The van der Waals surface area contributed by atoms with Crippen molar-refractivity contribution in [3.05, 3.63) is 12.7 Å². The number of carbonyl (C=O) groups excluding carboxylic acids is 1. The smallest absolute Gasteiger partial charge is 0 e. The van der Waals surface area contributed by atoms with E-state index >= 15 is 0 Å². The maximum Gasteiger partial charge on any atom is 0 e. The Labute approximate surface area is 59.6 Å². The molecular weight excluding hydrogens is 313 g/mol. The summed E-state index contributed by atoms with van der Waals surface area (Å²) in [5, 5.41) is 0. The SMILES string of the molecule is C=C[C](=O)[Au].[Cu]. The summed E-state index contributed by atoms with van der Waals surface area (Å²) < 4.78 is -0.0370. The molecule has 1 nitrogen and oxygen atoms in total. The van der Waals surface area contributed by atoms with Gasteiger partial charge < -0.3 is 0 Å². The summed E-state index contributed by atoms with van der Waals surface area (Å²) in [6, 6.07) is 0. The third-order valence-corrected chi connectivity index (χ3v) is 0.587. The van der Waals surface area contributed by atoms with Gasteiger partial charge in [0.2, 0.25) is 0 Å². The fourth-order valence-electron chi connectivity index (χ4n) is 0. The maximum absolute atomic E-state index is 9.67. The van der Waals surface area contributed by atoms with E-state index in [-0.39, 0.29) is 21.1 Å². The van der Waals surface area contributed by atoms with Crippen molar-refractivity contribution in [1.82, 2.24) is 0 Å². The molecule has 0 amide bonds. The molecule has 0 saturated heterocycles. The largest absolute Gasteiger partial charge is 0 e. The fraction of sp³-hybridized carbons (Fsp3) is 0. The average molecular weight is 316 g/mol. The van der Waals surface area contributed by atoms with Gasteiger partial charge in [-0.1, -0.05) is 0 Å². The third-order valence-electron chi connectivity index (χ3n) is 0.145. The van der Waals surface area contributed by atoms with Crippen LogP contribution in [0.25, 0.3) is 0 Å². The van der Waals surface area contributed by atoms with Crippen LogP contribution in [0.15, 0.2) is 12.7 Å². The number of allylic oxidation sites excluding steroid dienone is 1. The quantitative estimate of drug-likeness (QED) is 0.501. The Hall–Kier alpha value is 0.670. The van der Waals surface area contributed by atoms with Crippen LogP contribution in [0.4, 0.5) is 0 Å². The summed E-state index contributed by atoms with van der Waals surface area (Å²) >= 11 is 1.81. The topological polar surface area (TPSA) is 17.1 Å². The zero-order valence-corrected chi connectivity index (χ0v) is 5.90. The van der Waals surface area contributed by atoms with Crippen LogP contribution >= 0.6 is 0 Å². The molecule has 0 aromatic heterocycles. The summed E-state index contributed by atoms with van der Waals surface area (Å²) in [4.78, 5) is 9.67. The Kier molecular flexibility index (Phi) is 9.29. The van der Waals surface area contributed by atoms with Gasteiger partial charge in [-0.3, -0.25) is 0 Å². The van der Waals surface area contributed by atoms with Gasteiger partial charge in [-0.15, -0.1) is 0 Å². The average Bonchev–Trinajstić information content (AvgIpc) is 1.38. The van der Waals surface area contributed by atoms with Gasteiger partial charge in [0.1, 0.15) is 0 Å². The monoisotopic (exact) mass is 315 g/mol. The van der Waals surface area contributed by atoms with Crippen LogP contribution < -0.4 is 0 Å². The van der Waals surface area contributed by atoms with E-state index in [4.69, 9.17) is 0 Å². The van der Waals surface area contributed by atoms with E-state index in [2.05, 4.69) is 6.58 Å². The second-order valence-electron chi connectivity index (χ2n) is 0.471. The molecule has 0 aromatic rings. The van der Waals surface area contributed by atoms with Crippen LogP contribution in [0.1, 0.15) is 0 Å². The van der Waals surface area contributed by atoms with Gasteiger partial charge >= 0.3 is 42.5 Å². The second-order valence-corrected chi connectivity index (χ2v) is 1.54. The number of carbonyl (C=O) groups is 1. The van der Waals surface area contributed by atoms with Gasteiger partial charge in [-0.25, -0.2) is 0 Å². The number of rotatable bonds is 1. The summed E-state index contributed by atoms with van der Waals surface area (Å²) in [6.07, 6.45) is 1.25. The molecule has 6 heavy (non-hydrogen) atoms. The number of hydrogen-bond donors (Lipinski definition) is 0. The van der Waals surface area contributed by atoms with Crippen LogP contribution in [0.2, 0.25) is 0 Å². The van der Waals surface area contributed by atoms with E-state index in [0.717, 1.165) is 0 Å². The summed E-state index contributed by atoms with van der Waals surface area (Å²) in [5.41, 5.74) is 0. The van der Waals surface area contributed by atoms with Crippen LogP contribution in [0.3, 0.4) is 0 Å². The van der Waals surface area contributed by atoms with Crippen LogP contribution in [-0.4, -0.2) is 4.00 Å². The summed E-state index contributed by atoms with van der Waals surface area (Å²) in [6.45, 7) is 3.20. The van der Waals surface area contributed by atoms with E-state index in [1.807, 2.05) is 0 Å². The normalized spacial score (nSPS) is 5.67. The molecule has 0 bridgehead atoms. The van der Waals surface area contributed by atoms with Crippen molar-refractivity contribution >= 4 is 4.00 Å². The van der Waals surface area contributed by atoms with E-state index in [9.17, 15) is 4.79 Å². The molecule has 0 N–H and O–H groups in total. The van der Waals surface area contributed by atoms with Crippen molar-refractivity contribution in [2.24, 2.45) is 0 Å². The standard InChI is InChI=1S/C3H3O.Au.Cu/c1-2-3-4;;/h2H,1H2;;. The Morgan fingerprint density at radius 3 is 2.00 bits per heavy atom. The van der Waals surface area contributed by atoms with Crippen molar-refractivity contribution < 1.29 is 42.9 Å². The molecule has 3 heteroatoms. The minimum atomic E-state index is -0.0370. The van der Waals surface area contributed by atoms with Crippen molar-refractivity contribution in [3.8, 4) is 0 Å². The third kappa shape index (κ3) is 8.82. The summed E-state index contributed by atoms with van der Waals surface area (Å²) in [7, 11) is 0. The first-order chi connectivity index (χ1) is 2.27. The Balaban J connectivity index is 0. The second kappa shape index (κ2) is 5.67. The predicted molar refractivity (Wildman–Crippen MR) is 15.2 cm³/mol. The maximum atomic E-state index is 9.67. The zero-order chi connectivity index (χ0) is 4.28. The summed E-state index contributed by atoms with van der Waals surface area (Å²) in [5.74, 6) is 0. The number of hydrogen-bond acceptors (Lipinski definition) is 1. The van der Waals surface area contributed by atoms with Gasteiger partial charge in [-0.2, -0.15) is 0 Å². The van der Waals surface area contributed by atoms with E-state index in [1.165, 1.54) is 6.08 Å². The van der Waals surface area contributed by atoms with Gasteiger partial charge in [0.15, 0.2) is 0 Å². The first-order valence-corrected chi connectivity index (χ1v) is 2.14. The van der Waals surface area contributed by atoms with Crippen molar-refractivity contribution in [1.29, 1.82) is 0 Å². The molecule has 0 fully saturated rings. The molecular formula is C3H3AuCuO. The van der Waals surface area contributed by atoms with Crippen LogP contribution in [0.5, 0.6) is 0 Å². The van der Waals surface area contributed by atoms with Crippen molar-refractivity contribution in [3.63, 3.8) is 0 Å². The van der Waals surface area contributed by atoms with Crippen LogP contribution in [-0.2, 0) is 42.9 Å². The molecule has 0 heterocycles. The van der Waals surface area contributed by atoms with Crippen LogP contribution in [0, 0.1) is 0 Å². The Morgan fingerprint density at radius 2 is 2.00 bits per heavy atom. The van der Waals surface area contributed by atoms with Gasteiger partial charge in [-0.05, 0) is 0 Å². The molecule has 0 rings (SSSR count).